The van der Waals surface area contributed by atoms with Gasteiger partial charge in [-0.2, -0.15) is 5.10 Å². The largest absolute Gasteiger partial charge is 0.276 e. The summed E-state index contributed by atoms with van der Waals surface area (Å²) in [5.74, 6) is 0. The first kappa shape index (κ1) is 14.2. The van der Waals surface area contributed by atoms with E-state index in [2.05, 4.69) is 36.1 Å². The molecule has 1 N–H and O–H groups in total. The molecular formula is C9H13BrN6O2S. The molecule has 0 aliphatic heterocycles. The van der Waals surface area contributed by atoms with E-state index in [1.165, 1.54) is 11.7 Å². The summed E-state index contributed by atoms with van der Waals surface area (Å²) >= 11 is 3.07. The maximum absolute atomic E-state index is 12.1. The van der Waals surface area contributed by atoms with Gasteiger partial charge in [0.05, 0.1) is 6.20 Å². The van der Waals surface area contributed by atoms with E-state index in [9.17, 15) is 8.42 Å². The van der Waals surface area contributed by atoms with Crippen LogP contribution in [-0.4, -0.2) is 39.7 Å². The van der Waals surface area contributed by atoms with Gasteiger partial charge in [-0.25, -0.2) is 17.8 Å². The molecule has 0 aliphatic carbocycles. The molecule has 2 heterocycles. The molecule has 0 saturated carbocycles. The molecule has 0 atom stereocenters. The zero-order chi connectivity index (χ0) is 14.0. The standard InChI is InChI=1S/C9H13BrN6O2S/c1-15-6-7(5-11-15)3-4-12-19(17,18)9-8(10)13-14-16(9)2/h5-6,12H,3-4H2,1-2H3. The molecule has 0 fully saturated rings. The van der Waals surface area contributed by atoms with Crippen LogP contribution in [-0.2, 0) is 30.5 Å². The Bertz CT molecular complexity index is 657. The van der Waals surface area contributed by atoms with E-state index in [0.717, 1.165) is 5.56 Å². The Morgan fingerprint density at radius 2 is 2.16 bits per heavy atom. The number of aryl methyl sites for hydroxylation is 2. The normalized spacial score (nSPS) is 11.9. The summed E-state index contributed by atoms with van der Waals surface area (Å²) in [5, 5.41) is 11.3. The van der Waals surface area contributed by atoms with Crippen LogP contribution in [0, 0.1) is 0 Å². The van der Waals surface area contributed by atoms with Gasteiger partial charge >= 0.3 is 0 Å². The van der Waals surface area contributed by atoms with Crippen LogP contribution in [0.1, 0.15) is 5.56 Å². The number of aromatic nitrogens is 5. The summed E-state index contributed by atoms with van der Waals surface area (Å²) in [7, 11) is -0.295. The molecule has 8 nitrogen and oxygen atoms in total. The fourth-order valence-corrected chi connectivity index (χ4v) is 3.73. The molecule has 0 saturated heterocycles. The second kappa shape index (κ2) is 5.39. The van der Waals surface area contributed by atoms with Gasteiger partial charge in [-0.1, -0.05) is 5.21 Å². The highest BCUT2D eigenvalue weighted by atomic mass is 79.9. The molecule has 0 aromatic carbocycles. The molecule has 0 unspecified atom stereocenters. The van der Waals surface area contributed by atoms with Crippen molar-refractivity contribution in [2.75, 3.05) is 6.54 Å². The Labute approximate surface area is 119 Å². The second-order valence-electron chi connectivity index (χ2n) is 3.98. The molecule has 0 aliphatic rings. The lowest BCUT2D eigenvalue weighted by atomic mass is 10.3. The van der Waals surface area contributed by atoms with Gasteiger partial charge in [-0.15, -0.1) is 5.10 Å². The molecule has 19 heavy (non-hydrogen) atoms. The van der Waals surface area contributed by atoms with Gasteiger partial charge < -0.3 is 0 Å². The summed E-state index contributed by atoms with van der Waals surface area (Å²) in [6, 6.07) is 0. The van der Waals surface area contributed by atoms with Crippen LogP contribution in [0.2, 0.25) is 0 Å². The molecular weight excluding hydrogens is 336 g/mol. The number of halogens is 1. The number of sulfonamides is 1. The predicted octanol–water partition coefficient (Wildman–Crippen LogP) is -0.168. The summed E-state index contributed by atoms with van der Waals surface area (Å²) in [5.41, 5.74) is 0.965. The van der Waals surface area contributed by atoms with Crippen molar-refractivity contribution >= 4 is 26.0 Å². The minimum Gasteiger partial charge on any atom is -0.276 e. The predicted molar refractivity (Wildman–Crippen MR) is 70.8 cm³/mol. The minimum atomic E-state index is -3.63. The minimum absolute atomic E-state index is 0.0127. The van der Waals surface area contributed by atoms with Crippen molar-refractivity contribution < 1.29 is 8.42 Å². The van der Waals surface area contributed by atoms with E-state index in [1.807, 2.05) is 13.2 Å². The topological polar surface area (TPSA) is 94.7 Å². The van der Waals surface area contributed by atoms with Crippen molar-refractivity contribution in [1.82, 2.24) is 29.5 Å². The van der Waals surface area contributed by atoms with Crippen LogP contribution < -0.4 is 4.72 Å². The summed E-state index contributed by atoms with van der Waals surface area (Å²) in [4.78, 5) is 0. The number of nitrogens with one attached hydrogen (secondary N) is 1. The Morgan fingerprint density at radius 1 is 1.42 bits per heavy atom. The Balaban J connectivity index is 2.03. The third kappa shape index (κ3) is 3.19. The molecule has 0 amide bonds. The Hall–Kier alpha value is -1.26. The second-order valence-corrected chi connectivity index (χ2v) is 6.41. The summed E-state index contributed by atoms with van der Waals surface area (Å²) in [6.45, 7) is 0.283. The van der Waals surface area contributed by atoms with Gasteiger partial charge in [-0.3, -0.25) is 4.68 Å². The fourth-order valence-electron chi connectivity index (χ4n) is 1.61. The van der Waals surface area contributed by atoms with Gasteiger partial charge in [0.25, 0.3) is 10.0 Å². The molecule has 10 heteroatoms. The molecule has 0 radical (unpaired) electrons. The lowest BCUT2D eigenvalue weighted by Gasteiger charge is -2.05. The summed E-state index contributed by atoms with van der Waals surface area (Å²) in [6.07, 6.45) is 4.11. The SMILES string of the molecule is Cn1cc(CCNS(=O)(=O)c2c(Br)nnn2C)cn1. The van der Waals surface area contributed by atoms with Crippen molar-refractivity contribution in [1.29, 1.82) is 0 Å². The van der Waals surface area contributed by atoms with Crippen molar-refractivity contribution in [2.45, 2.75) is 11.4 Å². The van der Waals surface area contributed by atoms with Gasteiger partial charge in [0.2, 0.25) is 5.03 Å². The van der Waals surface area contributed by atoms with Crippen LogP contribution in [0.25, 0.3) is 0 Å². The number of hydrogen-bond donors (Lipinski definition) is 1. The molecule has 2 rings (SSSR count). The Morgan fingerprint density at radius 3 is 2.68 bits per heavy atom. The van der Waals surface area contributed by atoms with Gasteiger partial charge in [-0.05, 0) is 27.9 Å². The smallest absolute Gasteiger partial charge is 0.260 e. The lowest BCUT2D eigenvalue weighted by molar-refractivity contribution is 0.560. The highest BCUT2D eigenvalue weighted by Crippen LogP contribution is 2.17. The first-order valence-electron chi connectivity index (χ1n) is 5.42. The highest BCUT2D eigenvalue weighted by Gasteiger charge is 2.23. The highest BCUT2D eigenvalue weighted by molar-refractivity contribution is 9.10. The zero-order valence-corrected chi connectivity index (χ0v) is 12.8. The molecule has 0 bridgehead atoms. The van der Waals surface area contributed by atoms with Gasteiger partial charge in [0, 0.05) is 26.8 Å². The number of rotatable bonds is 5. The van der Waals surface area contributed by atoms with E-state index >= 15 is 0 Å². The third-order valence-electron chi connectivity index (χ3n) is 2.46. The van der Waals surface area contributed by atoms with Crippen molar-refractivity contribution in [3.05, 3.63) is 22.6 Å². The van der Waals surface area contributed by atoms with Gasteiger partial charge in [0.15, 0.2) is 4.60 Å². The van der Waals surface area contributed by atoms with E-state index < -0.39 is 10.0 Å². The number of hydrogen-bond acceptors (Lipinski definition) is 5. The Kier molecular flexibility index (Phi) is 4.02. The maximum atomic E-state index is 12.1. The molecule has 2 aromatic rings. The first-order chi connectivity index (χ1) is 8.90. The van der Waals surface area contributed by atoms with E-state index in [4.69, 9.17) is 0 Å². The monoisotopic (exact) mass is 348 g/mol. The third-order valence-corrected chi connectivity index (χ3v) is 4.80. The van der Waals surface area contributed by atoms with Crippen molar-refractivity contribution in [3.63, 3.8) is 0 Å². The molecule has 0 spiro atoms. The van der Waals surface area contributed by atoms with Crippen LogP contribution in [0.4, 0.5) is 0 Å². The molecule has 104 valence electrons. The number of nitrogens with zero attached hydrogens (tertiary/aromatic N) is 5. The average Bonchev–Trinajstić information content (AvgIpc) is 2.86. The van der Waals surface area contributed by atoms with Crippen LogP contribution in [0.3, 0.4) is 0 Å². The quantitative estimate of drug-likeness (QED) is 0.809. The van der Waals surface area contributed by atoms with Crippen molar-refractivity contribution in [3.8, 4) is 0 Å². The first-order valence-corrected chi connectivity index (χ1v) is 7.70. The lowest BCUT2D eigenvalue weighted by Crippen LogP contribution is -2.28. The van der Waals surface area contributed by atoms with Crippen molar-refractivity contribution in [2.24, 2.45) is 14.1 Å². The zero-order valence-electron chi connectivity index (χ0n) is 10.4. The van der Waals surface area contributed by atoms with E-state index in [-0.39, 0.29) is 16.2 Å². The van der Waals surface area contributed by atoms with Crippen LogP contribution in [0.5, 0.6) is 0 Å². The molecule has 2 aromatic heterocycles. The van der Waals surface area contributed by atoms with Crippen LogP contribution in [0.15, 0.2) is 22.0 Å². The van der Waals surface area contributed by atoms with E-state index in [0.29, 0.717) is 6.42 Å². The van der Waals surface area contributed by atoms with Gasteiger partial charge in [0.1, 0.15) is 0 Å². The fraction of sp³-hybridized carbons (Fsp3) is 0.444. The average molecular weight is 349 g/mol. The summed E-state index contributed by atoms with van der Waals surface area (Å²) < 4.78 is 29.7. The maximum Gasteiger partial charge on any atom is 0.260 e. The van der Waals surface area contributed by atoms with Crippen LogP contribution >= 0.6 is 15.9 Å². The van der Waals surface area contributed by atoms with E-state index in [1.54, 1.807) is 10.9 Å².